The number of carboxylic acids is 1. The Balaban J connectivity index is 1.25. The lowest BCUT2D eigenvalue weighted by atomic mass is 9.85. The van der Waals surface area contributed by atoms with Crippen molar-refractivity contribution >= 4 is 15.8 Å². The third-order valence-corrected chi connectivity index (χ3v) is 9.45. The number of aliphatic carboxylic acids is 1. The van der Waals surface area contributed by atoms with E-state index in [1.165, 1.54) is 11.8 Å². The lowest BCUT2D eigenvalue weighted by Gasteiger charge is -2.20. The highest BCUT2D eigenvalue weighted by atomic mass is 32.2. The molecule has 186 valence electrons. The first-order valence-corrected chi connectivity index (χ1v) is 14.2. The molecule has 7 heteroatoms. The number of rotatable bonds is 6. The number of benzene rings is 2. The number of carbonyl (C=O) groups is 1. The van der Waals surface area contributed by atoms with Gasteiger partial charge in [0, 0.05) is 30.4 Å². The van der Waals surface area contributed by atoms with Gasteiger partial charge in [0.15, 0.2) is 9.84 Å². The molecule has 3 aliphatic rings. The van der Waals surface area contributed by atoms with Crippen LogP contribution in [0.4, 0.5) is 0 Å². The molecule has 1 fully saturated rings. The summed E-state index contributed by atoms with van der Waals surface area (Å²) in [5.74, 6) is -0.141. The van der Waals surface area contributed by atoms with Crippen LogP contribution in [0.3, 0.4) is 0 Å². The van der Waals surface area contributed by atoms with Gasteiger partial charge in [-0.15, -0.1) is 0 Å². The molecule has 36 heavy (non-hydrogen) atoms. The Labute approximate surface area is 211 Å². The second-order valence-corrected chi connectivity index (χ2v) is 13.1. The fourth-order valence-electron chi connectivity index (χ4n) is 6.56. The van der Waals surface area contributed by atoms with Crippen molar-refractivity contribution in [2.24, 2.45) is 11.8 Å². The van der Waals surface area contributed by atoms with Crippen LogP contribution in [0.1, 0.15) is 65.5 Å². The topological polar surface area (TPSA) is 93.6 Å². The van der Waals surface area contributed by atoms with Gasteiger partial charge in [0.2, 0.25) is 5.88 Å². The molecule has 0 saturated heterocycles. The highest BCUT2D eigenvalue weighted by molar-refractivity contribution is 7.90. The van der Waals surface area contributed by atoms with Gasteiger partial charge in [-0.2, -0.15) is 0 Å². The first-order chi connectivity index (χ1) is 17.0. The van der Waals surface area contributed by atoms with Gasteiger partial charge in [0.25, 0.3) is 0 Å². The van der Waals surface area contributed by atoms with Crippen molar-refractivity contribution in [3.05, 3.63) is 88.1 Å². The van der Waals surface area contributed by atoms with Gasteiger partial charge in [-0.05, 0) is 63.6 Å². The van der Waals surface area contributed by atoms with Crippen LogP contribution < -0.4 is 4.74 Å². The molecule has 6 rings (SSSR count). The van der Waals surface area contributed by atoms with Gasteiger partial charge in [-0.25, -0.2) is 13.4 Å². The second-order valence-electron chi connectivity index (χ2n) is 11.1. The Hall–Kier alpha value is -3.19. The van der Waals surface area contributed by atoms with E-state index >= 15 is 0 Å². The Morgan fingerprint density at radius 1 is 1.11 bits per heavy atom. The lowest BCUT2D eigenvalue weighted by Crippen LogP contribution is -2.13. The summed E-state index contributed by atoms with van der Waals surface area (Å²) in [6.07, 6.45) is 4.66. The number of sulfone groups is 1. The smallest absolute Gasteiger partial charge is 0.307 e. The van der Waals surface area contributed by atoms with E-state index in [4.69, 9.17) is 4.74 Å². The van der Waals surface area contributed by atoms with Crippen LogP contribution in [0, 0.1) is 11.8 Å². The molecule has 0 aliphatic heterocycles. The first kappa shape index (κ1) is 23.2. The number of fused-ring (bicyclic) bond motifs is 4. The SMILES string of the molecule is CC1(C)CC(c2ccccc2S(C)(=O)=O)c2cc(COc3cc4c(cn3)C3C(C4)C3C(=O)O)ccc21. The number of pyridine rings is 1. The molecule has 1 saturated carbocycles. The lowest BCUT2D eigenvalue weighted by molar-refractivity contribution is -0.139. The Morgan fingerprint density at radius 3 is 2.64 bits per heavy atom. The van der Waals surface area contributed by atoms with E-state index in [0.29, 0.717) is 17.4 Å². The summed E-state index contributed by atoms with van der Waals surface area (Å²) < 4.78 is 31.1. The maximum absolute atomic E-state index is 12.5. The highest BCUT2D eigenvalue weighted by Crippen LogP contribution is 2.61. The van der Waals surface area contributed by atoms with E-state index in [1.54, 1.807) is 18.3 Å². The summed E-state index contributed by atoms with van der Waals surface area (Å²) in [6, 6.07) is 15.6. The zero-order chi connectivity index (χ0) is 25.4. The molecule has 1 N–H and O–H groups in total. The van der Waals surface area contributed by atoms with E-state index in [1.807, 2.05) is 18.2 Å². The molecule has 4 unspecified atom stereocenters. The van der Waals surface area contributed by atoms with E-state index in [0.717, 1.165) is 40.7 Å². The third kappa shape index (κ3) is 3.72. The predicted octanol–water partition coefficient (Wildman–Crippen LogP) is 4.85. The van der Waals surface area contributed by atoms with Crippen LogP contribution in [0.25, 0.3) is 0 Å². The van der Waals surface area contributed by atoms with Crippen molar-refractivity contribution in [3.8, 4) is 5.88 Å². The average Bonchev–Trinajstić information content (AvgIpc) is 3.32. The molecule has 4 atom stereocenters. The number of carboxylic acid groups (broad SMARTS) is 1. The second kappa shape index (κ2) is 7.90. The largest absolute Gasteiger partial charge is 0.481 e. The summed E-state index contributed by atoms with van der Waals surface area (Å²) in [6.45, 7) is 4.77. The third-order valence-electron chi connectivity index (χ3n) is 8.28. The van der Waals surface area contributed by atoms with Crippen molar-refractivity contribution in [3.63, 3.8) is 0 Å². The monoisotopic (exact) mass is 503 g/mol. The van der Waals surface area contributed by atoms with E-state index in [-0.39, 0.29) is 29.1 Å². The maximum atomic E-state index is 12.5. The molecule has 0 radical (unpaired) electrons. The Bertz CT molecular complexity index is 1510. The van der Waals surface area contributed by atoms with Crippen LogP contribution in [-0.4, -0.2) is 30.7 Å². The molecule has 1 heterocycles. The fourth-order valence-corrected chi connectivity index (χ4v) is 7.53. The van der Waals surface area contributed by atoms with Crippen LogP contribution in [-0.2, 0) is 33.1 Å². The molecule has 3 aromatic rings. The van der Waals surface area contributed by atoms with Crippen molar-refractivity contribution in [2.45, 2.75) is 55.4 Å². The predicted molar refractivity (Wildman–Crippen MR) is 135 cm³/mol. The highest BCUT2D eigenvalue weighted by Gasteiger charge is 2.60. The molecule has 6 nitrogen and oxygen atoms in total. The number of aromatic nitrogens is 1. The van der Waals surface area contributed by atoms with Crippen molar-refractivity contribution < 1.29 is 23.1 Å². The van der Waals surface area contributed by atoms with Gasteiger partial charge < -0.3 is 9.84 Å². The molecule has 2 aromatic carbocycles. The molecular weight excluding hydrogens is 474 g/mol. The summed E-state index contributed by atoms with van der Waals surface area (Å²) in [4.78, 5) is 16.2. The van der Waals surface area contributed by atoms with E-state index in [9.17, 15) is 18.3 Å². The normalized spacial score (nSPS) is 25.1. The average molecular weight is 504 g/mol. The van der Waals surface area contributed by atoms with Gasteiger partial charge in [-0.1, -0.05) is 50.2 Å². The van der Waals surface area contributed by atoms with E-state index < -0.39 is 15.8 Å². The first-order valence-electron chi connectivity index (χ1n) is 12.3. The Morgan fingerprint density at radius 2 is 1.89 bits per heavy atom. The minimum absolute atomic E-state index is 0.00657. The van der Waals surface area contributed by atoms with Crippen LogP contribution >= 0.6 is 0 Å². The van der Waals surface area contributed by atoms with Gasteiger partial charge >= 0.3 is 5.97 Å². The van der Waals surface area contributed by atoms with Crippen molar-refractivity contribution in [1.29, 1.82) is 0 Å². The summed E-state index contributed by atoms with van der Waals surface area (Å²) in [7, 11) is -3.35. The minimum Gasteiger partial charge on any atom is -0.481 e. The minimum atomic E-state index is -3.35. The summed E-state index contributed by atoms with van der Waals surface area (Å²) in [5, 5.41) is 9.32. The quantitative estimate of drug-likeness (QED) is 0.517. The number of hydrogen-bond acceptors (Lipinski definition) is 5. The number of nitrogens with zero attached hydrogens (tertiary/aromatic N) is 1. The molecule has 0 bridgehead atoms. The molecular formula is C29H29NO5S. The summed E-state index contributed by atoms with van der Waals surface area (Å²) >= 11 is 0. The fraction of sp³-hybridized carbons (Fsp3) is 0.379. The van der Waals surface area contributed by atoms with Crippen LogP contribution in [0.2, 0.25) is 0 Å². The maximum Gasteiger partial charge on any atom is 0.307 e. The van der Waals surface area contributed by atoms with Crippen LogP contribution in [0.5, 0.6) is 5.88 Å². The molecule has 0 amide bonds. The summed E-state index contributed by atoms with van der Waals surface area (Å²) in [5.41, 5.74) is 6.36. The van der Waals surface area contributed by atoms with E-state index in [2.05, 4.69) is 37.0 Å². The van der Waals surface area contributed by atoms with Gasteiger partial charge in [0.1, 0.15) is 6.61 Å². The molecule has 1 aromatic heterocycles. The van der Waals surface area contributed by atoms with Crippen molar-refractivity contribution in [1.82, 2.24) is 4.98 Å². The molecule has 0 spiro atoms. The van der Waals surface area contributed by atoms with Gasteiger partial charge in [0.05, 0.1) is 10.8 Å². The zero-order valence-corrected chi connectivity index (χ0v) is 21.4. The Kier molecular flexibility index (Phi) is 5.10. The zero-order valence-electron chi connectivity index (χ0n) is 20.6. The van der Waals surface area contributed by atoms with Gasteiger partial charge in [-0.3, -0.25) is 4.79 Å². The van der Waals surface area contributed by atoms with Crippen LogP contribution in [0.15, 0.2) is 59.6 Å². The van der Waals surface area contributed by atoms with Crippen molar-refractivity contribution in [2.75, 3.05) is 6.26 Å². The number of ether oxygens (including phenoxy) is 1. The number of hydrogen-bond donors (Lipinski definition) is 1. The standard InChI is InChI=1S/C29H29NO5S/c1-29(2)13-21(18-6-4-5-7-24(18)36(3,33)34)19-10-16(8-9-23(19)29)15-35-25-12-17-11-20-26(22(17)14-30-25)27(20)28(31)32/h4-10,12,14,20-21,26-27H,11,13,15H2,1-3H3,(H,31,32). The molecule has 3 aliphatic carbocycles.